The molecule has 27 heavy (non-hydrogen) atoms. The summed E-state index contributed by atoms with van der Waals surface area (Å²) in [6.45, 7) is 11.5. The Morgan fingerprint density at radius 3 is 2.63 bits per heavy atom. The van der Waals surface area contributed by atoms with Crippen LogP contribution in [0.1, 0.15) is 63.1 Å². The van der Waals surface area contributed by atoms with Crippen molar-refractivity contribution in [3.63, 3.8) is 0 Å². The maximum atomic E-state index is 4.81. The van der Waals surface area contributed by atoms with Crippen LogP contribution in [-0.2, 0) is 6.54 Å². The van der Waals surface area contributed by atoms with Gasteiger partial charge in [-0.05, 0) is 25.7 Å². The van der Waals surface area contributed by atoms with Crippen LogP contribution in [0.15, 0.2) is 10.4 Å². The minimum atomic E-state index is 0.323. The molecule has 0 atom stereocenters. The van der Waals surface area contributed by atoms with Crippen LogP contribution in [0.5, 0.6) is 0 Å². The molecule has 1 aliphatic carbocycles. The van der Waals surface area contributed by atoms with Crippen LogP contribution in [0.25, 0.3) is 0 Å². The van der Waals surface area contributed by atoms with Crippen molar-refractivity contribution in [2.24, 2.45) is 4.99 Å². The first kappa shape index (κ1) is 20.9. The third-order valence-corrected chi connectivity index (χ3v) is 7.47. The summed E-state index contributed by atoms with van der Waals surface area (Å²) in [5, 5.41) is 10.3. The van der Waals surface area contributed by atoms with E-state index in [1.807, 2.05) is 0 Å². The number of thioether (sulfide) groups is 1. The molecule has 1 saturated carbocycles. The molecule has 0 bridgehead atoms. The molecule has 0 spiro atoms. The van der Waals surface area contributed by atoms with Crippen molar-refractivity contribution in [2.45, 2.75) is 64.5 Å². The van der Waals surface area contributed by atoms with Gasteiger partial charge in [0.05, 0.1) is 12.2 Å². The number of nitrogens with zero attached hydrogens (tertiary/aromatic N) is 3. The monoisotopic (exact) mass is 409 g/mol. The molecule has 3 rings (SSSR count). The molecule has 152 valence electrons. The van der Waals surface area contributed by atoms with Gasteiger partial charge in [-0.3, -0.25) is 4.90 Å². The summed E-state index contributed by atoms with van der Waals surface area (Å²) in [7, 11) is 0. The van der Waals surface area contributed by atoms with E-state index in [1.54, 1.807) is 11.3 Å². The predicted octanol–water partition coefficient (Wildman–Crippen LogP) is 3.68. The molecule has 0 aromatic carbocycles. The van der Waals surface area contributed by atoms with Crippen molar-refractivity contribution in [3.8, 4) is 0 Å². The number of rotatable bonds is 7. The number of nitrogens with one attached hydrogen (secondary N) is 2. The normalized spacial score (nSPS) is 21.0. The van der Waals surface area contributed by atoms with Crippen LogP contribution in [0.2, 0.25) is 0 Å². The first-order valence-corrected chi connectivity index (χ1v) is 12.5. The average molecular weight is 410 g/mol. The molecule has 2 heterocycles. The van der Waals surface area contributed by atoms with Crippen LogP contribution in [0.4, 0.5) is 0 Å². The minimum absolute atomic E-state index is 0.323. The zero-order chi connectivity index (χ0) is 19.1. The lowest BCUT2D eigenvalue weighted by molar-refractivity contribution is 0.107. The van der Waals surface area contributed by atoms with Gasteiger partial charge < -0.3 is 10.6 Å². The van der Waals surface area contributed by atoms with E-state index in [0.717, 1.165) is 24.1 Å². The van der Waals surface area contributed by atoms with Crippen LogP contribution in [0.3, 0.4) is 0 Å². The Labute approximate surface area is 172 Å². The topological polar surface area (TPSA) is 52.6 Å². The Bertz CT molecular complexity index is 601. The van der Waals surface area contributed by atoms with Gasteiger partial charge in [-0.1, -0.05) is 26.7 Å². The van der Waals surface area contributed by atoms with E-state index in [0.29, 0.717) is 18.0 Å². The molecule has 1 aliphatic heterocycles. The van der Waals surface area contributed by atoms with Gasteiger partial charge in [-0.2, -0.15) is 11.8 Å². The van der Waals surface area contributed by atoms with Gasteiger partial charge >= 0.3 is 0 Å². The number of hydrogen-bond donors (Lipinski definition) is 2. The zero-order valence-electron chi connectivity index (χ0n) is 17.1. The van der Waals surface area contributed by atoms with Crippen LogP contribution in [-0.4, -0.2) is 59.1 Å². The molecule has 2 aliphatic rings. The summed E-state index contributed by atoms with van der Waals surface area (Å²) in [6.07, 6.45) is 5.34. The zero-order valence-corrected chi connectivity index (χ0v) is 18.7. The number of hydrogen-bond acceptors (Lipinski definition) is 5. The summed E-state index contributed by atoms with van der Waals surface area (Å²) < 4.78 is 0. The highest BCUT2D eigenvalue weighted by Crippen LogP contribution is 2.36. The Balaban J connectivity index is 1.61. The highest BCUT2D eigenvalue weighted by molar-refractivity contribution is 7.99. The second-order valence-electron chi connectivity index (χ2n) is 7.90. The molecule has 5 nitrogen and oxygen atoms in total. The predicted molar refractivity (Wildman–Crippen MR) is 119 cm³/mol. The van der Waals surface area contributed by atoms with Gasteiger partial charge in [-0.25, -0.2) is 9.98 Å². The molecule has 2 N–H and O–H groups in total. The van der Waals surface area contributed by atoms with Crippen LogP contribution in [0, 0.1) is 0 Å². The van der Waals surface area contributed by atoms with E-state index < -0.39 is 0 Å². The molecule has 0 unspecified atom stereocenters. The summed E-state index contributed by atoms with van der Waals surface area (Å²) in [5.41, 5.74) is 1.50. The third-order valence-electron chi connectivity index (χ3n) is 5.68. The van der Waals surface area contributed by atoms with Gasteiger partial charge in [0.2, 0.25) is 0 Å². The van der Waals surface area contributed by atoms with Crippen molar-refractivity contribution in [1.82, 2.24) is 20.5 Å². The third kappa shape index (κ3) is 5.61. The Kier molecular flexibility index (Phi) is 7.85. The number of aliphatic imine (C=N–C) groups is 1. The van der Waals surface area contributed by atoms with Gasteiger partial charge in [0, 0.05) is 48.6 Å². The number of aromatic nitrogens is 1. The number of guanidine groups is 1. The highest BCUT2D eigenvalue weighted by Gasteiger charge is 2.39. The lowest BCUT2D eigenvalue weighted by Crippen LogP contribution is -2.57. The molecule has 0 radical (unpaired) electrons. The highest BCUT2D eigenvalue weighted by atomic mass is 32.2. The summed E-state index contributed by atoms with van der Waals surface area (Å²) >= 11 is 3.81. The maximum Gasteiger partial charge on any atom is 0.191 e. The van der Waals surface area contributed by atoms with E-state index in [1.165, 1.54) is 56.0 Å². The van der Waals surface area contributed by atoms with Crippen molar-refractivity contribution in [1.29, 1.82) is 0 Å². The lowest BCUT2D eigenvalue weighted by atomic mass is 9.94. The minimum Gasteiger partial charge on any atom is -0.357 e. The molecule has 2 fully saturated rings. The molecular weight excluding hydrogens is 374 g/mol. The maximum absolute atomic E-state index is 4.81. The first-order chi connectivity index (χ1) is 13.1. The standard InChI is InChI=1S/C20H35N5S2/c1-4-21-19(22-13-18-24-17(14-27-18)16(2)3)23-15-20(7-5-6-8-20)25-9-11-26-12-10-25/h14,16H,4-13,15H2,1-3H3,(H2,21,22,23). The van der Waals surface area contributed by atoms with E-state index in [9.17, 15) is 0 Å². The summed E-state index contributed by atoms with van der Waals surface area (Å²) in [4.78, 5) is 12.3. The largest absolute Gasteiger partial charge is 0.357 e. The first-order valence-electron chi connectivity index (χ1n) is 10.4. The van der Waals surface area contributed by atoms with Gasteiger partial charge in [-0.15, -0.1) is 11.3 Å². The van der Waals surface area contributed by atoms with E-state index in [4.69, 9.17) is 9.98 Å². The Morgan fingerprint density at radius 2 is 2.00 bits per heavy atom. The van der Waals surface area contributed by atoms with Crippen molar-refractivity contribution >= 4 is 29.1 Å². The fraction of sp³-hybridized carbons (Fsp3) is 0.800. The van der Waals surface area contributed by atoms with Crippen molar-refractivity contribution in [3.05, 3.63) is 16.1 Å². The van der Waals surface area contributed by atoms with Gasteiger partial charge in [0.1, 0.15) is 5.01 Å². The van der Waals surface area contributed by atoms with Crippen molar-refractivity contribution < 1.29 is 0 Å². The smallest absolute Gasteiger partial charge is 0.191 e. The van der Waals surface area contributed by atoms with Gasteiger partial charge in [0.15, 0.2) is 5.96 Å². The molecule has 1 saturated heterocycles. The Hall–Kier alpha value is -0.790. The fourth-order valence-corrected chi connectivity index (χ4v) is 5.86. The van der Waals surface area contributed by atoms with E-state index in [2.05, 4.69) is 53.4 Å². The average Bonchev–Trinajstić information content (AvgIpc) is 3.35. The SMILES string of the molecule is CCNC(=NCc1nc(C(C)C)cs1)NCC1(N2CCSCC2)CCCC1. The molecular formula is C20H35N5S2. The van der Waals surface area contributed by atoms with E-state index in [-0.39, 0.29) is 0 Å². The molecule has 1 aromatic heterocycles. The van der Waals surface area contributed by atoms with Crippen LogP contribution >= 0.6 is 23.1 Å². The number of thiazole rings is 1. The lowest BCUT2D eigenvalue weighted by Gasteiger charge is -2.43. The molecule has 0 amide bonds. The second kappa shape index (κ2) is 10.1. The molecule has 1 aromatic rings. The van der Waals surface area contributed by atoms with E-state index >= 15 is 0 Å². The second-order valence-corrected chi connectivity index (χ2v) is 10.1. The Morgan fingerprint density at radius 1 is 1.26 bits per heavy atom. The molecule has 7 heteroatoms. The van der Waals surface area contributed by atoms with Gasteiger partial charge in [0.25, 0.3) is 0 Å². The fourth-order valence-electron chi connectivity index (χ4n) is 4.08. The quantitative estimate of drug-likeness (QED) is 0.531. The summed E-state index contributed by atoms with van der Waals surface area (Å²) in [6, 6.07) is 0. The van der Waals surface area contributed by atoms with Crippen molar-refractivity contribution in [2.75, 3.05) is 37.7 Å². The van der Waals surface area contributed by atoms with Crippen LogP contribution < -0.4 is 10.6 Å². The summed E-state index contributed by atoms with van der Waals surface area (Å²) in [5.74, 6) is 3.96.